The van der Waals surface area contributed by atoms with Crippen molar-refractivity contribution in [2.24, 2.45) is 0 Å². The lowest BCUT2D eigenvalue weighted by Crippen LogP contribution is -2.35. The predicted molar refractivity (Wildman–Crippen MR) is 101 cm³/mol. The summed E-state index contributed by atoms with van der Waals surface area (Å²) in [6, 6.07) is 10.5. The van der Waals surface area contributed by atoms with E-state index in [4.69, 9.17) is 0 Å². The van der Waals surface area contributed by atoms with Crippen LogP contribution in [0, 0.1) is 10.1 Å². The molecule has 4 rings (SSSR count). The molecule has 138 valence electrons. The predicted octanol–water partition coefficient (Wildman–Crippen LogP) is 4.23. The first kappa shape index (κ1) is 17.2. The summed E-state index contributed by atoms with van der Waals surface area (Å²) in [6.45, 7) is 0.670. The second kappa shape index (κ2) is 7.19. The van der Waals surface area contributed by atoms with Gasteiger partial charge in [-0.2, -0.15) is 0 Å². The number of nitrogens with zero attached hydrogens (tertiary/aromatic N) is 3. The number of carbonyl (C=O) groups is 1. The Morgan fingerprint density at radius 1 is 1.19 bits per heavy atom. The number of nitro groups is 1. The Morgan fingerprint density at radius 3 is 2.78 bits per heavy atom. The maximum Gasteiger partial charge on any atom is 0.293 e. The van der Waals surface area contributed by atoms with Crippen molar-refractivity contribution < 1.29 is 9.72 Å². The van der Waals surface area contributed by atoms with E-state index in [1.54, 1.807) is 30.6 Å². The molecule has 3 aromatic rings. The van der Waals surface area contributed by atoms with Gasteiger partial charge >= 0.3 is 0 Å². The summed E-state index contributed by atoms with van der Waals surface area (Å²) < 4.78 is 0. The van der Waals surface area contributed by atoms with E-state index in [2.05, 4.69) is 9.97 Å². The zero-order valence-electron chi connectivity index (χ0n) is 14.8. The number of rotatable bonds is 3. The van der Waals surface area contributed by atoms with Crippen molar-refractivity contribution >= 4 is 22.5 Å². The van der Waals surface area contributed by atoms with Gasteiger partial charge in [-0.15, -0.1) is 0 Å². The number of aromatic amines is 1. The van der Waals surface area contributed by atoms with Crippen LogP contribution in [0.5, 0.6) is 0 Å². The second-order valence-electron chi connectivity index (χ2n) is 6.83. The van der Waals surface area contributed by atoms with E-state index in [0.29, 0.717) is 23.1 Å². The van der Waals surface area contributed by atoms with Crippen LogP contribution in [0.15, 0.2) is 48.8 Å². The number of carbonyl (C=O) groups excluding carboxylic acids is 1. The Morgan fingerprint density at radius 2 is 2.00 bits per heavy atom. The number of hydrogen-bond donors (Lipinski definition) is 1. The summed E-state index contributed by atoms with van der Waals surface area (Å²) in [5.74, 6) is -0.121. The van der Waals surface area contributed by atoms with Gasteiger partial charge in [0.15, 0.2) is 0 Å². The molecule has 7 heteroatoms. The Bertz CT molecular complexity index is 983. The molecule has 0 spiro atoms. The summed E-state index contributed by atoms with van der Waals surface area (Å²) in [5.41, 5.74) is 1.83. The molecule has 0 bridgehead atoms. The standard InChI is InChI=1S/C20H20N4O3/c25-20(16-13-15-5-4-7-18(24(26)27)19(15)22-16)23-12-3-1-2-6-17(23)14-8-10-21-11-9-14/h4-5,7-11,13,17,22H,1-3,6,12H2/t17-/m1/s1. The number of amides is 1. The van der Waals surface area contributed by atoms with E-state index in [-0.39, 0.29) is 17.6 Å². The number of pyridine rings is 1. The SMILES string of the molecule is O=C(c1cc2cccc([N+](=O)[O-])c2[nH]1)N1CCCCC[C@@H]1c1ccncc1. The van der Waals surface area contributed by atoms with Crippen LogP contribution < -0.4 is 0 Å². The largest absolute Gasteiger partial charge is 0.345 e. The van der Waals surface area contributed by atoms with E-state index in [9.17, 15) is 14.9 Å². The third kappa shape index (κ3) is 3.28. The van der Waals surface area contributed by atoms with Crippen molar-refractivity contribution in [2.75, 3.05) is 6.54 Å². The van der Waals surface area contributed by atoms with Crippen LogP contribution in [0.2, 0.25) is 0 Å². The van der Waals surface area contributed by atoms with Crippen molar-refractivity contribution in [2.45, 2.75) is 31.7 Å². The van der Waals surface area contributed by atoms with E-state index in [1.165, 1.54) is 6.07 Å². The summed E-state index contributed by atoms with van der Waals surface area (Å²) >= 11 is 0. The van der Waals surface area contributed by atoms with Gasteiger partial charge in [-0.1, -0.05) is 25.0 Å². The number of para-hydroxylation sites is 1. The molecule has 27 heavy (non-hydrogen) atoms. The molecule has 0 aliphatic carbocycles. The number of aromatic nitrogens is 2. The van der Waals surface area contributed by atoms with Crippen LogP contribution in [0.3, 0.4) is 0 Å². The lowest BCUT2D eigenvalue weighted by atomic mass is 10.0. The lowest BCUT2D eigenvalue weighted by Gasteiger charge is -2.30. The summed E-state index contributed by atoms with van der Waals surface area (Å²) in [7, 11) is 0. The Balaban J connectivity index is 1.72. The lowest BCUT2D eigenvalue weighted by molar-refractivity contribution is -0.383. The van der Waals surface area contributed by atoms with Crippen LogP contribution in [-0.2, 0) is 0 Å². The van der Waals surface area contributed by atoms with E-state index >= 15 is 0 Å². The Labute approximate surface area is 156 Å². The second-order valence-corrected chi connectivity index (χ2v) is 6.83. The van der Waals surface area contributed by atoms with Crippen molar-refractivity contribution in [3.63, 3.8) is 0 Å². The van der Waals surface area contributed by atoms with Gasteiger partial charge in [0, 0.05) is 30.4 Å². The smallest absolute Gasteiger partial charge is 0.293 e. The number of hydrogen-bond acceptors (Lipinski definition) is 4. The Kier molecular flexibility index (Phi) is 4.58. The molecule has 1 aliphatic rings. The normalized spacial score (nSPS) is 17.6. The van der Waals surface area contributed by atoms with Gasteiger partial charge in [0.2, 0.25) is 0 Å². The minimum absolute atomic E-state index is 0.00982. The highest BCUT2D eigenvalue weighted by Gasteiger charge is 2.29. The summed E-state index contributed by atoms with van der Waals surface area (Å²) in [4.78, 5) is 33.1. The number of non-ortho nitro benzene ring substituents is 1. The van der Waals surface area contributed by atoms with Crippen LogP contribution in [0.4, 0.5) is 5.69 Å². The van der Waals surface area contributed by atoms with Gasteiger partial charge in [0.05, 0.1) is 11.0 Å². The maximum atomic E-state index is 13.3. The van der Waals surface area contributed by atoms with E-state index in [1.807, 2.05) is 17.0 Å². The minimum atomic E-state index is -0.432. The average Bonchev–Trinajstić information content (AvgIpc) is 2.97. The topological polar surface area (TPSA) is 92.1 Å². The molecule has 1 atom stereocenters. The number of benzene rings is 1. The number of H-pyrrole nitrogens is 1. The molecule has 1 fully saturated rings. The molecule has 0 radical (unpaired) electrons. The minimum Gasteiger partial charge on any atom is -0.345 e. The molecule has 0 saturated carbocycles. The number of likely N-dealkylation sites (tertiary alicyclic amines) is 1. The molecule has 1 aromatic carbocycles. The van der Waals surface area contributed by atoms with Gasteiger partial charge in [0.1, 0.15) is 11.2 Å². The zero-order valence-corrected chi connectivity index (χ0v) is 14.8. The first-order chi connectivity index (χ1) is 13.1. The van der Waals surface area contributed by atoms with Crippen LogP contribution >= 0.6 is 0 Å². The molecule has 0 unspecified atom stereocenters. The quantitative estimate of drug-likeness (QED) is 0.556. The average molecular weight is 364 g/mol. The fourth-order valence-electron chi connectivity index (χ4n) is 3.85. The molecule has 2 aromatic heterocycles. The van der Waals surface area contributed by atoms with Gasteiger partial charge in [-0.05, 0) is 36.6 Å². The number of fused-ring (bicyclic) bond motifs is 1. The molecule has 1 aliphatic heterocycles. The van der Waals surface area contributed by atoms with Crippen LogP contribution in [-0.4, -0.2) is 32.2 Å². The van der Waals surface area contributed by atoms with Crippen LogP contribution in [0.25, 0.3) is 10.9 Å². The summed E-state index contributed by atoms with van der Waals surface area (Å²) in [6.07, 6.45) is 7.49. The first-order valence-corrected chi connectivity index (χ1v) is 9.12. The fraction of sp³-hybridized carbons (Fsp3) is 0.300. The number of nitro benzene ring substituents is 1. The molecule has 1 amide bonds. The molecule has 1 N–H and O–H groups in total. The number of nitrogens with one attached hydrogen (secondary N) is 1. The van der Waals surface area contributed by atoms with E-state index in [0.717, 1.165) is 31.2 Å². The monoisotopic (exact) mass is 364 g/mol. The fourth-order valence-corrected chi connectivity index (χ4v) is 3.85. The zero-order chi connectivity index (χ0) is 18.8. The molecule has 7 nitrogen and oxygen atoms in total. The first-order valence-electron chi connectivity index (χ1n) is 9.12. The van der Waals surface area contributed by atoms with Crippen molar-refractivity contribution in [3.05, 3.63) is 70.2 Å². The molecular weight excluding hydrogens is 344 g/mol. The third-order valence-electron chi connectivity index (χ3n) is 5.17. The maximum absolute atomic E-state index is 13.3. The van der Waals surface area contributed by atoms with Gasteiger partial charge in [-0.3, -0.25) is 19.9 Å². The van der Waals surface area contributed by atoms with Gasteiger partial charge in [0.25, 0.3) is 11.6 Å². The Hall–Kier alpha value is -3.22. The van der Waals surface area contributed by atoms with Crippen molar-refractivity contribution in [1.82, 2.24) is 14.9 Å². The van der Waals surface area contributed by atoms with Gasteiger partial charge < -0.3 is 9.88 Å². The molecule has 3 heterocycles. The molecule has 1 saturated heterocycles. The highest BCUT2D eigenvalue weighted by Crippen LogP contribution is 2.32. The van der Waals surface area contributed by atoms with Gasteiger partial charge in [-0.25, -0.2) is 0 Å². The van der Waals surface area contributed by atoms with Crippen LogP contribution in [0.1, 0.15) is 47.8 Å². The van der Waals surface area contributed by atoms with Crippen molar-refractivity contribution in [3.8, 4) is 0 Å². The van der Waals surface area contributed by atoms with Crippen molar-refractivity contribution in [1.29, 1.82) is 0 Å². The summed E-state index contributed by atoms with van der Waals surface area (Å²) in [5, 5.41) is 11.9. The van der Waals surface area contributed by atoms with E-state index < -0.39 is 4.92 Å². The third-order valence-corrected chi connectivity index (χ3v) is 5.17. The highest BCUT2D eigenvalue weighted by atomic mass is 16.6. The molecular formula is C20H20N4O3. The highest BCUT2D eigenvalue weighted by molar-refractivity contribution is 6.00.